The first-order chi connectivity index (χ1) is 12.6. The van der Waals surface area contributed by atoms with Crippen molar-refractivity contribution in [3.05, 3.63) is 29.3 Å². The molecule has 2 heterocycles. The van der Waals surface area contributed by atoms with Crippen molar-refractivity contribution in [3.8, 4) is 5.75 Å². The molecule has 7 nitrogen and oxygen atoms in total. The highest BCUT2D eigenvalue weighted by molar-refractivity contribution is 8.01. The first-order valence-corrected chi connectivity index (χ1v) is 9.80. The van der Waals surface area contributed by atoms with Gasteiger partial charge in [-0.25, -0.2) is 4.79 Å². The Morgan fingerprint density at radius 2 is 2.00 bits per heavy atom. The van der Waals surface area contributed by atoms with Crippen molar-refractivity contribution in [2.45, 2.75) is 55.5 Å². The van der Waals surface area contributed by atoms with Gasteiger partial charge in [0.15, 0.2) is 0 Å². The van der Waals surface area contributed by atoms with Gasteiger partial charge in [0.2, 0.25) is 11.8 Å². The quantitative estimate of drug-likeness (QED) is 0.695. The fraction of sp³-hybridized carbons (Fsp3) is 0.500. The number of amides is 2. The van der Waals surface area contributed by atoms with Crippen molar-refractivity contribution in [1.82, 2.24) is 10.2 Å². The Kier molecular flexibility index (Phi) is 5.31. The maximum atomic E-state index is 12.4. The summed E-state index contributed by atoms with van der Waals surface area (Å²) in [5.74, 6) is -1.10. The van der Waals surface area contributed by atoms with Crippen molar-refractivity contribution in [2.75, 3.05) is 0 Å². The van der Waals surface area contributed by atoms with Crippen LogP contribution in [-0.4, -0.2) is 56.1 Å². The van der Waals surface area contributed by atoms with Crippen LogP contribution in [-0.2, 0) is 14.4 Å². The Hall–Kier alpha value is -1.93. The van der Waals surface area contributed by atoms with Gasteiger partial charge in [0, 0.05) is 9.77 Å². The van der Waals surface area contributed by atoms with Crippen molar-refractivity contribution in [2.24, 2.45) is 0 Å². The number of ether oxygens (including phenoxy) is 1. The van der Waals surface area contributed by atoms with E-state index in [0.29, 0.717) is 10.8 Å². The molecule has 2 aliphatic heterocycles. The van der Waals surface area contributed by atoms with Crippen LogP contribution in [0, 0.1) is 0 Å². The number of rotatable bonds is 6. The van der Waals surface area contributed by atoms with E-state index >= 15 is 0 Å². The summed E-state index contributed by atoms with van der Waals surface area (Å²) in [6, 6.07) is 5.24. The van der Waals surface area contributed by atoms with E-state index in [-0.39, 0.29) is 23.6 Å². The number of carbonyl (C=O) groups excluding carboxylic acids is 2. The molecule has 2 fully saturated rings. The summed E-state index contributed by atoms with van der Waals surface area (Å²) in [4.78, 5) is 37.5. The maximum Gasteiger partial charge on any atom is 0.327 e. The SMILES string of the molecule is CC(CC(=O)N[C@@H]1C(=O)N2[C@@H]1SC(C)(C)[C@@H]2C(=O)O)Oc1ccc(Cl)cc1. The molecule has 146 valence electrons. The normalized spacial score (nSPS) is 26.7. The van der Waals surface area contributed by atoms with Crippen LogP contribution < -0.4 is 10.1 Å². The van der Waals surface area contributed by atoms with E-state index in [1.165, 1.54) is 16.7 Å². The highest BCUT2D eigenvalue weighted by Gasteiger charge is 2.64. The molecular formula is C18H21ClN2O5S. The van der Waals surface area contributed by atoms with Gasteiger partial charge in [0.25, 0.3) is 0 Å². The average molecular weight is 413 g/mol. The number of halogens is 1. The Labute approximate surface area is 166 Å². The number of carboxylic acid groups (broad SMARTS) is 1. The van der Waals surface area contributed by atoms with E-state index in [1.54, 1.807) is 45.0 Å². The number of benzene rings is 1. The number of hydrogen-bond donors (Lipinski definition) is 2. The van der Waals surface area contributed by atoms with Crippen molar-refractivity contribution >= 4 is 41.1 Å². The van der Waals surface area contributed by atoms with Gasteiger partial charge in [-0.15, -0.1) is 11.8 Å². The summed E-state index contributed by atoms with van der Waals surface area (Å²) < 4.78 is 5.06. The van der Waals surface area contributed by atoms with Gasteiger partial charge in [0.05, 0.1) is 6.42 Å². The molecule has 0 spiro atoms. The van der Waals surface area contributed by atoms with Crippen molar-refractivity contribution in [3.63, 3.8) is 0 Å². The van der Waals surface area contributed by atoms with Gasteiger partial charge in [-0.2, -0.15) is 0 Å². The van der Waals surface area contributed by atoms with Gasteiger partial charge in [-0.05, 0) is 45.0 Å². The molecule has 0 radical (unpaired) electrons. The van der Waals surface area contributed by atoms with Crippen molar-refractivity contribution in [1.29, 1.82) is 0 Å². The number of fused-ring (bicyclic) bond motifs is 1. The van der Waals surface area contributed by atoms with E-state index in [1.807, 2.05) is 0 Å². The lowest BCUT2D eigenvalue weighted by molar-refractivity contribution is -0.161. The number of carboxylic acids is 1. The number of aliphatic carboxylic acids is 1. The van der Waals surface area contributed by atoms with Crippen LogP contribution in [0.4, 0.5) is 0 Å². The lowest BCUT2D eigenvalue weighted by atomic mass is 9.96. The van der Waals surface area contributed by atoms with E-state index in [2.05, 4.69) is 5.32 Å². The van der Waals surface area contributed by atoms with E-state index in [4.69, 9.17) is 16.3 Å². The lowest BCUT2D eigenvalue weighted by Gasteiger charge is -2.43. The largest absolute Gasteiger partial charge is 0.490 e. The van der Waals surface area contributed by atoms with Crippen LogP contribution in [0.15, 0.2) is 24.3 Å². The minimum atomic E-state index is -1.03. The molecule has 0 aromatic heterocycles. The second-order valence-electron chi connectivity index (χ2n) is 7.23. The zero-order valence-corrected chi connectivity index (χ0v) is 16.7. The Morgan fingerprint density at radius 3 is 2.59 bits per heavy atom. The minimum absolute atomic E-state index is 0.0789. The zero-order chi connectivity index (χ0) is 19.9. The van der Waals surface area contributed by atoms with Crippen LogP contribution in [0.2, 0.25) is 5.02 Å². The maximum absolute atomic E-state index is 12.4. The molecule has 0 bridgehead atoms. The number of hydrogen-bond acceptors (Lipinski definition) is 5. The molecule has 27 heavy (non-hydrogen) atoms. The lowest BCUT2D eigenvalue weighted by Crippen LogP contribution is -2.70. The van der Waals surface area contributed by atoms with Crippen LogP contribution in [0.25, 0.3) is 0 Å². The van der Waals surface area contributed by atoms with Gasteiger partial charge >= 0.3 is 5.97 Å². The average Bonchev–Trinajstić information content (AvgIpc) is 2.83. The van der Waals surface area contributed by atoms with Gasteiger partial charge in [-0.3, -0.25) is 9.59 Å². The number of nitrogens with zero attached hydrogens (tertiary/aromatic N) is 1. The fourth-order valence-corrected chi connectivity index (χ4v) is 5.18. The summed E-state index contributed by atoms with van der Waals surface area (Å²) in [7, 11) is 0. The number of thioether (sulfide) groups is 1. The molecule has 2 amide bonds. The minimum Gasteiger partial charge on any atom is -0.490 e. The third kappa shape index (κ3) is 3.87. The second kappa shape index (κ2) is 7.24. The number of nitrogens with one attached hydrogen (secondary N) is 1. The molecule has 9 heteroatoms. The van der Waals surface area contributed by atoms with Crippen LogP contribution in [0.1, 0.15) is 27.2 Å². The molecule has 1 aromatic carbocycles. The monoisotopic (exact) mass is 412 g/mol. The molecule has 0 aliphatic carbocycles. The Balaban J connectivity index is 1.55. The first kappa shape index (κ1) is 19.8. The zero-order valence-electron chi connectivity index (χ0n) is 15.1. The second-order valence-corrected chi connectivity index (χ2v) is 9.44. The summed E-state index contributed by atoms with van der Waals surface area (Å²) in [6.07, 6.45) is -0.313. The molecule has 2 saturated heterocycles. The Bertz CT molecular complexity index is 770. The van der Waals surface area contributed by atoms with Crippen LogP contribution >= 0.6 is 23.4 Å². The number of β-lactam (4-membered cyclic amide) rings is 1. The van der Waals surface area contributed by atoms with E-state index in [9.17, 15) is 19.5 Å². The highest BCUT2D eigenvalue weighted by Crippen LogP contribution is 2.50. The molecule has 4 atom stereocenters. The van der Waals surface area contributed by atoms with E-state index in [0.717, 1.165) is 0 Å². The topological polar surface area (TPSA) is 95.9 Å². The summed E-state index contributed by atoms with van der Waals surface area (Å²) in [6.45, 7) is 5.35. The smallest absolute Gasteiger partial charge is 0.327 e. The molecule has 0 saturated carbocycles. The molecule has 2 aliphatic rings. The van der Waals surface area contributed by atoms with Crippen molar-refractivity contribution < 1.29 is 24.2 Å². The predicted octanol–water partition coefficient (Wildman–Crippen LogP) is 2.13. The molecule has 2 N–H and O–H groups in total. The third-order valence-electron chi connectivity index (χ3n) is 4.62. The first-order valence-electron chi connectivity index (χ1n) is 8.54. The molecule has 3 rings (SSSR count). The summed E-state index contributed by atoms with van der Waals surface area (Å²) in [5, 5.41) is 12.4. The summed E-state index contributed by atoms with van der Waals surface area (Å²) in [5.41, 5.74) is 0. The summed E-state index contributed by atoms with van der Waals surface area (Å²) >= 11 is 7.22. The van der Waals surface area contributed by atoms with Gasteiger partial charge < -0.3 is 20.1 Å². The van der Waals surface area contributed by atoms with Crippen LogP contribution in [0.3, 0.4) is 0 Å². The van der Waals surface area contributed by atoms with Crippen LogP contribution in [0.5, 0.6) is 5.75 Å². The standard InChI is InChI=1S/C18H21ClN2O5S/c1-9(26-11-6-4-10(19)5-7-11)8-12(22)20-13-15(23)21-14(17(24)25)18(2,3)27-16(13)21/h4-7,9,13-14,16H,8H2,1-3H3,(H,20,22)(H,24,25)/t9?,13-,14+,16-/m1/s1. The molecular weight excluding hydrogens is 392 g/mol. The molecule has 1 unspecified atom stereocenters. The Morgan fingerprint density at radius 1 is 1.37 bits per heavy atom. The van der Waals surface area contributed by atoms with Gasteiger partial charge in [-0.1, -0.05) is 11.6 Å². The number of carbonyl (C=O) groups is 3. The van der Waals surface area contributed by atoms with Gasteiger partial charge in [0.1, 0.15) is 29.3 Å². The predicted molar refractivity (Wildman–Crippen MR) is 102 cm³/mol. The van der Waals surface area contributed by atoms with E-state index < -0.39 is 28.9 Å². The highest BCUT2D eigenvalue weighted by atomic mass is 35.5. The fourth-order valence-electron chi connectivity index (χ4n) is 3.43. The molecule has 1 aromatic rings. The third-order valence-corrected chi connectivity index (χ3v) is 6.44.